The van der Waals surface area contributed by atoms with Gasteiger partial charge >= 0.3 is 0 Å². The number of methoxy groups -OCH3 is 2. The smallest absolute Gasteiger partial charge is 0.282 e. The summed E-state index contributed by atoms with van der Waals surface area (Å²) in [5.41, 5.74) is 2.78. The van der Waals surface area contributed by atoms with Gasteiger partial charge in [-0.2, -0.15) is 0 Å². The van der Waals surface area contributed by atoms with Gasteiger partial charge < -0.3 is 14.4 Å². The number of benzene rings is 1. The molecule has 0 radical (unpaired) electrons. The van der Waals surface area contributed by atoms with Crippen molar-refractivity contribution in [1.82, 2.24) is 10.4 Å². The molecule has 6 nitrogen and oxygen atoms in total. The summed E-state index contributed by atoms with van der Waals surface area (Å²) in [5, 5.41) is 0. The van der Waals surface area contributed by atoms with E-state index in [2.05, 4.69) is 10.4 Å². The van der Waals surface area contributed by atoms with E-state index < -0.39 is 0 Å². The molecule has 1 saturated heterocycles. The Hall–Kier alpha value is -1.79. The number of nitrogens with zero attached hydrogens (tertiary/aromatic N) is 1. The van der Waals surface area contributed by atoms with Crippen molar-refractivity contribution in [3.05, 3.63) is 23.8 Å². The summed E-state index contributed by atoms with van der Waals surface area (Å²) in [4.78, 5) is 19.8. The molecule has 0 aliphatic carbocycles. The highest BCUT2D eigenvalue weighted by Gasteiger charge is 2.18. The molecule has 1 amide bonds. The maximum atomic E-state index is 12.2. The van der Waals surface area contributed by atoms with Gasteiger partial charge in [-0.3, -0.25) is 9.63 Å². The Bertz CT molecular complexity index is 450. The molecular formula is C15H22N2O4. The van der Waals surface area contributed by atoms with Crippen LogP contribution < -0.4 is 15.0 Å². The number of carbonyl (C=O) groups is 1. The summed E-state index contributed by atoms with van der Waals surface area (Å²) in [6, 6.07) is 5.19. The summed E-state index contributed by atoms with van der Waals surface area (Å²) in [5.74, 6) is 0.538. The maximum absolute atomic E-state index is 12.2. The van der Waals surface area contributed by atoms with Crippen LogP contribution in [-0.2, 0) is 4.84 Å². The third-order valence-corrected chi connectivity index (χ3v) is 3.53. The van der Waals surface area contributed by atoms with Gasteiger partial charge in [-0.25, -0.2) is 5.48 Å². The lowest BCUT2D eigenvalue weighted by Crippen LogP contribution is -2.30. The van der Waals surface area contributed by atoms with Crippen LogP contribution in [0.1, 0.15) is 23.2 Å². The molecule has 1 aromatic rings. The number of rotatable bonds is 7. The summed E-state index contributed by atoms with van der Waals surface area (Å²) in [7, 11) is 3.03. The van der Waals surface area contributed by atoms with Gasteiger partial charge in [0.05, 0.1) is 20.8 Å². The average molecular weight is 294 g/mol. The van der Waals surface area contributed by atoms with Crippen LogP contribution in [-0.4, -0.2) is 51.3 Å². The standard InChI is InChI=1S/C15H22N2O4/c1-19-12-6-5-7-13(20-2)14(12)15(18)16-21-11-10-17-8-3-4-9-17/h5-7H,3-4,8-11H2,1-2H3,(H,16,18). The van der Waals surface area contributed by atoms with Crippen molar-refractivity contribution in [3.63, 3.8) is 0 Å². The zero-order chi connectivity index (χ0) is 15.1. The Labute approximate surface area is 124 Å². The molecule has 21 heavy (non-hydrogen) atoms. The van der Waals surface area contributed by atoms with E-state index in [9.17, 15) is 4.79 Å². The lowest BCUT2D eigenvalue weighted by atomic mass is 10.1. The van der Waals surface area contributed by atoms with E-state index in [0.717, 1.165) is 19.6 Å². The second-order valence-electron chi connectivity index (χ2n) is 4.87. The van der Waals surface area contributed by atoms with Crippen LogP contribution in [0.5, 0.6) is 11.5 Å². The van der Waals surface area contributed by atoms with Gasteiger partial charge in [0.25, 0.3) is 5.91 Å². The SMILES string of the molecule is COc1cccc(OC)c1C(=O)NOCCN1CCCC1. The largest absolute Gasteiger partial charge is 0.496 e. The summed E-state index contributed by atoms with van der Waals surface area (Å²) in [6.07, 6.45) is 2.48. The van der Waals surface area contributed by atoms with E-state index in [1.54, 1.807) is 18.2 Å². The van der Waals surface area contributed by atoms with Crippen LogP contribution in [0.15, 0.2) is 18.2 Å². The fourth-order valence-electron chi connectivity index (χ4n) is 2.42. The minimum Gasteiger partial charge on any atom is -0.496 e. The molecule has 116 valence electrons. The molecule has 0 unspecified atom stereocenters. The number of ether oxygens (including phenoxy) is 2. The molecule has 1 aliphatic heterocycles. The monoisotopic (exact) mass is 294 g/mol. The molecular weight excluding hydrogens is 272 g/mol. The van der Waals surface area contributed by atoms with Gasteiger partial charge in [-0.05, 0) is 38.1 Å². The molecule has 1 fully saturated rings. The van der Waals surface area contributed by atoms with Crippen molar-refractivity contribution < 1.29 is 19.1 Å². The van der Waals surface area contributed by atoms with E-state index in [-0.39, 0.29) is 5.91 Å². The van der Waals surface area contributed by atoms with Gasteiger partial charge in [0, 0.05) is 6.54 Å². The lowest BCUT2D eigenvalue weighted by molar-refractivity contribution is 0.0240. The van der Waals surface area contributed by atoms with E-state index in [1.807, 2.05) is 0 Å². The number of amides is 1. The Kier molecular flexibility index (Phi) is 5.83. The van der Waals surface area contributed by atoms with Crippen LogP contribution in [0, 0.1) is 0 Å². The number of hydrogen-bond donors (Lipinski definition) is 1. The summed E-state index contributed by atoms with van der Waals surface area (Å²) in [6.45, 7) is 3.50. The van der Waals surface area contributed by atoms with Crippen LogP contribution in [0.2, 0.25) is 0 Å². The Morgan fingerprint density at radius 2 is 1.81 bits per heavy atom. The Morgan fingerprint density at radius 1 is 1.19 bits per heavy atom. The van der Waals surface area contributed by atoms with Crippen LogP contribution in [0.4, 0.5) is 0 Å². The first-order valence-electron chi connectivity index (χ1n) is 7.11. The van der Waals surface area contributed by atoms with Gasteiger partial charge in [-0.15, -0.1) is 0 Å². The highest BCUT2D eigenvalue weighted by Crippen LogP contribution is 2.27. The van der Waals surface area contributed by atoms with Crippen LogP contribution >= 0.6 is 0 Å². The van der Waals surface area contributed by atoms with E-state index in [4.69, 9.17) is 14.3 Å². The summed E-state index contributed by atoms with van der Waals surface area (Å²) >= 11 is 0. The fourth-order valence-corrected chi connectivity index (χ4v) is 2.42. The summed E-state index contributed by atoms with van der Waals surface area (Å²) < 4.78 is 10.4. The predicted molar refractivity (Wildman–Crippen MR) is 78.6 cm³/mol. The third-order valence-electron chi connectivity index (χ3n) is 3.53. The molecule has 0 atom stereocenters. The zero-order valence-corrected chi connectivity index (χ0v) is 12.6. The van der Waals surface area contributed by atoms with Crippen molar-refractivity contribution in [2.45, 2.75) is 12.8 Å². The molecule has 0 saturated carbocycles. The topological polar surface area (TPSA) is 60.0 Å². The first-order valence-corrected chi connectivity index (χ1v) is 7.11. The molecule has 6 heteroatoms. The lowest BCUT2D eigenvalue weighted by Gasteiger charge is -2.15. The molecule has 1 aromatic carbocycles. The Morgan fingerprint density at radius 3 is 2.38 bits per heavy atom. The molecule has 0 spiro atoms. The van der Waals surface area contributed by atoms with Crippen molar-refractivity contribution in [3.8, 4) is 11.5 Å². The number of carbonyl (C=O) groups excluding carboxylic acids is 1. The number of nitrogens with one attached hydrogen (secondary N) is 1. The molecule has 0 aromatic heterocycles. The van der Waals surface area contributed by atoms with E-state index in [1.165, 1.54) is 27.1 Å². The quantitative estimate of drug-likeness (QED) is 0.609. The molecule has 0 bridgehead atoms. The molecule has 2 rings (SSSR count). The number of likely N-dealkylation sites (tertiary alicyclic amines) is 1. The van der Waals surface area contributed by atoms with Crippen molar-refractivity contribution >= 4 is 5.91 Å². The van der Waals surface area contributed by atoms with Crippen LogP contribution in [0.25, 0.3) is 0 Å². The zero-order valence-electron chi connectivity index (χ0n) is 12.6. The third kappa shape index (κ3) is 4.09. The van der Waals surface area contributed by atoms with Gasteiger partial charge in [-0.1, -0.05) is 6.07 Å². The Balaban J connectivity index is 1.87. The second-order valence-corrected chi connectivity index (χ2v) is 4.87. The average Bonchev–Trinajstić information content (AvgIpc) is 3.03. The molecule has 1 aliphatic rings. The van der Waals surface area contributed by atoms with Crippen molar-refractivity contribution in [2.24, 2.45) is 0 Å². The van der Waals surface area contributed by atoms with E-state index in [0.29, 0.717) is 23.7 Å². The fraction of sp³-hybridized carbons (Fsp3) is 0.533. The van der Waals surface area contributed by atoms with E-state index >= 15 is 0 Å². The maximum Gasteiger partial charge on any atom is 0.282 e. The minimum absolute atomic E-state index is 0.337. The van der Waals surface area contributed by atoms with Gasteiger partial charge in [0.2, 0.25) is 0 Å². The van der Waals surface area contributed by atoms with Gasteiger partial charge in [0.1, 0.15) is 17.1 Å². The highest BCUT2D eigenvalue weighted by molar-refractivity contribution is 5.99. The molecule has 1 heterocycles. The highest BCUT2D eigenvalue weighted by atomic mass is 16.7. The van der Waals surface area contributed by atoms with Crippen molar-refractivity contribution in [2.75, 3.05) is 40.5 Å². The predicted octanol–water partition coefficient (Wildman–Crippen LogP) is 1.46. The minimum atomic E-state index is -0.370. The number of hydrogen-bond acceptors (Lipinski definition) is 5. The first-order chi connectivity index (χ1) is 10.3. The normalized spacial score (nSPS) is 15.0. The van der Waals surface area contributed by atoms with Crippen molar-refractivity contribution in [1.29, 1.82) is 0 Å². The second kappa shape index (κ2) is 7.85. The first kappa shape index (κ1) is 15.6. The number of hydroxylamine groups is 1. The molecule has 1 N–H and O–H groups in total. The van der Waals surface area contributed by atoms with Crippen LogP contribution in [0.3, 0.4) is 0 Å². The van der Waals surface area contributed by atoms with Gasteiger partial charge in [0.15, 0.2) is 0 Å².